The quantitative estimate of drug-likeness (QED) is 0.154. The summed E-state index contributed by atoms with van der Waals surface area (Å²) in [6.45, 7) is 0. The highest BCUT2D eigenvalue weighted by molar-refractivity contribution is 6.03. The Morgan fingerprint density at radius 3 is 0.476 bits per heavy atom. The molecule has 17 rings (SSSR count). The van der Waals surface area contributed by atoms with Crippen LogP contribution in [0.15, 0.2) is 291 Å². The Morgan fingerprint density at radius 2 is 0.286 bits per heavy atom. The van der Waals surface area contributed by atoms with Crippen molar-refractivity contribution >= 4 is 86.2 Å². The van der Waals surface area contributed by atoms with Crippen LogP contribution in [-0.4, -0.2) is 0 Å². The maximum atomic E-state index is 2.49. The van der Waals surface area contributed by atoms with Crippen molar-refractivity contribution in [2.75, 3.05) is 0 Å². The first-order valence-corrected chi connectivity index (χ1v) is 29.6. The molecule has 0 saturated heterocycles. The highest BCUT2D eigenvalue weighted by Crippen LogP contribution is 2.38. The molecule has 1 aliphatic carbocycles. The summed E-state index contributed by atoms with van der Waals surface area (Å²) in [4.78, 5) is 0. The van der Waals surface area contributed by atoms with E-state index in [-0.39, 0.29) is 0 Å². The molecule has 0 amide bonds. The van der Waals surface area contributed by atoms with Gasteiger partial charge in [0.05, 0.1) is 0 Å². The van der Waals surface area contributed by atoms with Crippen LogP contribution in [0.25, 0.3) is 131 Å². The molecule has 1 aliphatic rings. The number of fused-ring (bicyclic) bond motifs is 16. The molecule has 392 valence electrons. The van der Waals surface area contributed by atoms with Gasteiger partial charge >= 0.3 is 0 Å². The first-order valence-electron chi connectivity index (χ1n) is 29.6. The average Bonchev–Trinajstić information content (AvgIpc) is 3.71. The van der Waals surface area contributed by atoms with E-state index in [0.717, 1.165) is 25.7 Å². The van der Waals surface area contributed by atoms with Crippen molar-refractivity contribution in [1.82, 2.24) is 0 Å². The van der Waals surface area contributed by atoms with Crippen molar-refractivity contribution in [3.8, 4) is 44.5 Å². The van der Waals surface area contributed by atoms with E-state index in [9.17, 15) is 0 Å². The van der Waals surface area contributed by atoms with Gasteiger partial charge in [-0.15, -0.1) is 0 Å². The van der Waals surface area contributed by atoms with Gasteiger partial charge in [-0.3, -0.25) is 0 Å². The molecule has 0 saturated carbocycles. The molecular formula is C84H56. The molecule has 0 N–H and O–H groups in total. The van der Waals surface area contributed by atoms with Crippen LogP contribution in [0.1, 0.15) is 44.5 Å². The van der Waals surface area contributed by atoms with Crippen LogP contribution in [-0.2, 0) is 25.7 Å². The Kier molecular flexibility index (Phi) is 11.3. The normalized spacial score (nSPS) is 12.6. The van der Waals surface area contributed by atoms with Gasteiger partial charge in [0.1, 0.15) is 0 Å². The third-order valence-corrected chi connectivity index (χ3v) is 18.0. The number of benzene rings is 16. The summed E-state index contributed by atoms with van der Waals surface area (Å²) in [6, 6.07) is 111. The minimum absolute atomic E-state index is 0.798. The summed E-state index contributed by atoms with van der Waals surface area (Å²) >= 11 is 0. The zero-order chi connectivity index (χ0) is 55.2. The van der Waals surface area contributed by atoms with Crippen LogP contribution in [0.5, 0.6) is 0 Å². The zero-order valence-corrected chi connectivity index (χ0v) is 46.5. The van der Waals surface area contributed by atoms with E-state index in [2.05, 4.69) is 291 Å². The number of rotatable bonds is 4. The van der Waals surface area contributed by atoms with Gasteiger partial charge in [0.2, 0.25) is 0 Å². The molecule has 8 bridgehead atoms. The highest BCUT2D eigenvalue weighted by Gasteiger charge is 2.16. The van der Waals surface area contributed by atoms with Gasteiger partial charge < -0.3 is 0 Å². The summed E-state index contributed by atoms with van der Waals surface area (Å²) in [7, 11) is 0. The predicted molar refractivity (Wildman–Crippen MR) is 359 cm³/mol. The van der Waals surface area contributed by atoms with Crippen LogP contribution in [0.4, 0.5) is 0 Å². The lowest BCUT2D eigenvalue weighted by molar-refractivity contribution is 1.09. The first-order chi connectivity index (χ1) is 41.4. The van der Waals surface area contributed by atoms with Gasteiger partial charge in [0.25, 0.3) is 0 Å². The van der Waals surface area contributed by atoms with Crippen molar-refractivity contribution < 1.29 is 0 Å². The molecule has 0 atom stereocenters. The molecule has 0 heteroatoms. The molecule has 0 aromatic heterocycles. The second-order valence-corrected chi connectivity index (χ2v) is 23.9. The molecular weight excluding hydrogens is 1010 g/mol. The molecule has 84 heavy (non-hydrogen) atoms. The lowest BCUT2D eigenvalue weighted by Gasteiger charge is -2.17. The summed E-state index contributed by atoms with van der Waals surface area (Å²) in [6.07, 6.45) is 3.19. The van der Waals surface area contributed by atoms with Gasteiger partial charge in [-0.05, 0) is 274 Å². The van der Waals surface area contributed by atoms with Crippen LogP contribution >= 0.6 is 0 Å². The Balaban J connectivity index is 0.851. The van der Waals surface area contributed by atoms with E-state index < -0.39 is 0 Å². The minimum Gasteiger partial charge on any atom is -0.0616 e. The smallest absolute Gasteiger partial charge is 0.00251 e. The van der Waals surface area contributed by atoms with Crippen LogP contribution in [0.3, 0.4) is 0 Å². The fourth-order valence-corrected chi connectivity index (χ4v) is 14.0. The second kappa shape index (κ2) is 19.7. The molecule has 0 spiro atoms. The highest BCUT2D eigenvalue weighted by atomic mass is 14.2. The van der Waals surface area contributed by atoms with Crippen LogP contribution < -0.4 is 0 Å². The fourth-order valence-electron chi connectivity index (χ4n) is 14.0. The van der Waals surface area contributed by atoms with E-state index in [1.54, 1.807) is 0 Å². The van der Waals surface area contributed by atoms with Crippen molar-refractivity contribution in [2.45, 2.75) is 25.7 Å². The lowest BCUT2D eigenvalue weighted by atomic mass is 9.87. The van der Waals surface area contributed by atoms with Gasteiger partial charge in [-0.2, -0.15) is 0 Å². The van der Waals surface area contributed by atoms with E-state index >= 15 is 0 Å². The summed E-state index contributed by atoms with van der Waals surface area (Å²) in [5.41, 5.74) is 20.4. The summed E-state index contributed by atoms with van der Waals surface area (Å²) in [5.74, 6) is 0. The fraction of sp³-hybridized carbons (Fsp3) is 0.0476. The minimum atomic E-state index is 0.798. The van der Waals surface area contributed by atoms with Gasteiger partial charge in [0, 0.05) is 0 Å². The zero-order valence-electron chi connectivity index (χ0n) is 46.5. The lowest BCUT2D eigenvalue weighted by Crippen LogP contribution is -2.00. The SMILES string of the molecule is c1ccc2cc3cc(-c4cc5cc(c4)Cc4cc(cc(-c6ccc7cc8ccccc8cc7c6)c4)Cc4cc(cc(-c6ccc7cc8ccccc8cc7c6)c4)Cc4cc(cc(-c6ccc7cc8ccccc8cc7c6)c4)C5)ccc3cc2c1. The Hall–Kier alpha value is -10.4. The van der Waals surface area contributed by atoms with Crippen molar-refractivity contribution in [1.29, 1.82) is 0 Å². The molecule has 0 fully saturated rings. The second-order valence-electron chi connectivity index (χ2n) is 23.9. The maximum Gasteiger partial charge on any atom is -0.00251 e. The topological polar surface area (TPSA) is 0 Å². The van der Waals surface area contributed by atoms with Gasteiger partial charge in [0.15, 0.2) is 0 Å². The molecule has 0 unspecified atom stereocenters. The van der Waals surface area contributed by atoms with E-state index in [4.69, 9.17) is 0 Å². The van der Waals surface area contributed by atoms with E-state index in [1.807, 2.05) is 0 Å². The molecule has 0 heterocycles. The Labute approximate surface area is 489 Å². The van der Waals surface area contributed by atoms with Crippen molar-refractivity contribution in [3.63, 3.8) is 0 Å². The van der Waals surface area contributed by atoms with E-state index in [1.165, 1.54) is 175 Å². The van der Waals surface area contributed by atoms with Gasteiger partial charge in [-0.25, -0.2) is 0 Å². The summed E-state index contributed by atoms with van der Waals surface area (Å²) < 4.78 is 0. The van der Waals surface area contributed by atoms with Crippen molar-refractivity contribution in [3.05, 3.63) is 336 Å². The molecule has 0 radical (unpaired) electrons. The monoisotopic (exact) mass is 1060 g/mol. The first kappa shape index (κ1) is 48.3. The van der Waals surface area contributed by atoms with Gasteiger partial charge in [-0.1, -0.05) is 218 Å². The molecule has 0 nitrogen and oxygen atoms in total. The number of hydrogen-bond acceptors (Lipinski definition) is 0. The Bertz CT molecular complexity index is 4630. The van der Waals surface area contributed by atoms with Crippen molar-refractivity contribution in [2.24, 2.45) is 0 Å². The maximum absolute atomic E-state index is 2.49. The van der Waals surface area contributed by atoms with Crippen LogP contribution in [0.2, 0.25) is 0 Å². The average molecular weight is 1070 g/mol. The third kappa shape index (κ3) is 9.14. The van der Waals surface area contributed by atoms with Crippen LogP contribution in [0, 0.1) is 0 Å². The summed E-state index contributed by atoms with van der Waals surface area (Å²) in [5, 5.41) is 20.2. The van der Waals surface area contributed by atoms with E-state index in [0.29, 0.717) is 0 Å². The standard InChI is InChI=1S/C84H56/c1-5-13-65-45-81-49-73(21-17-69(81)41-61(65)9-1)77-33-53-25-54(34-77)30-56-27-58(38-79(36-56)75-23-19-71-43-63-11-3-7-15-67(63)47-83(71)51-75)32-60-28-59(39-80(40-60)76-24-20-72-44-64-12-4-8-16-68(64)48-84(72)52-76)31-57-26-55(29-53)35-78(37-57)74-22-18-70-42-62-10-2-6-14-66(62)46-82(70)50-74/h1-28,33-52H,29-32H2. The molecule has 16 aromatic carbocycles. The molecule has 0 aliphatic heterocycles. The Morgan fingerprint density at radius 1 is 0.119 bits per heavy atom. The molecule has 16 aromatic rings. The number of hydrogen-bond donors (Lipinski definition) is 0. The largest absolute Gasteiger partial charge is 0.0616 e. The predicted octanol–water partition coefficient (Wildman–Crippen LogP) is 22.3. The third-order valence-electron chi connectivity index (χ3n) is 18.0.